The number of aromatic nitrogens is 2. The largest absolute Gasteiger partial charge is 0.487 e. The minimum atomic E-state index is -0.0594. The zero-order chi connectivity index (χ0) is 21.0. The molecule has 0 radical (unpaired) electrons. The summed E-state index contributed by atoms with van der Waals surface area (Å²) >= 11 is 0. The molecule has 3 aromatic rings. The molecule has 4 heteroatoms. The van der Waals surface area contributed by atoms with Crippen molar-refractivity contribution in [3.05, 3.63) is 89.0 Å². The summed E-state index contributed by atoms with van der Waals surface area (Å²) in [6.07, 6.45) is 1.80. The Balaban J connectivity index is 1.68. The van der Waals surface area contributed by atoms with Crippen molar-refractivity contribution in [1.29, 1.82) is 0 Å². The molecule has 152 valence electrons. The predicted octanol–water partition coefficient (Wildman–Crippen LogP) is 5.31. The van der Waals surface area contributed by atoms with Gasteiger partial charge in [-0.2, -0.15) is 0 Å². The van der Waals surface area contributed by atoms with Gasteiger partial charge in [0.25, 0.3) is 0 Å². The molecule has 3 rings (SSSR count). The highest BCUT2D eigenvalue weighted by Gasteiger charge is 2.22. The molecule has 4 nitrogen and oxygen atoms in total. The Kier molecular flexibility index (Phi) is 6.33. The molecular weight excluding hydrogens is 358 g/mol. The molecule has 0 aliphatic rings. The van der Waals surface area contributed by atoms with Crippen molar-refractivity contribution in [2.45, 2.75) is 45.8 Å². The van der Waals surface area contributed by atoms with Gasteiger partial charge in [-0.05, 0) is 57.3 Å². The van der Waals surface area contributed by atoms with E-state index in [-0.39, 0.29) is 11.5 Å². The number of ether oxygens (including phenoxy) is 1. The van der Waals surface area contributed by atoms with Crippen LogP contribution < -0.4 is 4.74 Å². The molecule has 2 aromatic carbocycles. The van der Waals surface area contributed by atoms with Gasteiger partial charge in [0.1, 0.15) is 18.2 Å². The van der Waals surface area contributed by atoms with Gasteiger partial charge in [0.15, 0.2) is 0 Å². The van der Waals surface area contributed by atoms with E-state index in [0.29, 0.717) is 6.61 Å². The highest BCUT2D eigenvalue weighted by atomic mass is 16.5. The van der Waals surface area contributed by atoms with E-state index in [4.69, 9.17) is 4.74 Å². The number of hydrogen-bond acceptors (Lipinski definition) is 4. The van der Waals surface area contributed by atoms with Crippen LogP contribution in [0.25, 0.3) is 0 Å². The van der Waals surface area contributed by atoms with E-state index in [9.17, 15) is 0 Å². The van der Waals surface area contributed by atoms with Crippen LogP contribution in [0.5, 0.6) is 5.75 Å². The minimum absolute atomic E-state index is 0.0594. The van der Waals surface area contributed by atoms with E-state index in [2.05, 4.69) is 79.0 Å². The SMILES string of the molecule is Cc1ccc(C(C)(C)c2ccc(OCc3ccnc(C(C)N(C)C)n3)cc2)cc1. The lowest BCUT2D eigenvalue weighted by atomic mass is 9.78. The summed E-state index contributed by atoms with van der Waals surface area (Å²) in [6.45, 7) is 9.14. The Bertz CT molecular complexity index is 931. The maximum absolute atomic E-state index is 5.97. The fourth-order valence-corrected chi connectivity index (χ4v) is 3.19. The zero-order valence-corrected chi connectivity index (χ0v) is 18.3. The van der Waals surface area contributed by atoms with E-state index in [1.807, 2.05) is 32.3 Å². The van der Waals surface area contributed by atoms with Gasteiger partial charge in [-0.25, -0.2) is 9.97 Å². The van der Waals surface area contributed by atoms with Crippen molar-refractivity contribution in [3.63, 3.8) is 0 Å². The first-order chi connectivity index (χ1) is 13.8. The molecule has 0 spiro atoms. The number of rotatable bonds is 7. The Morgan fingerprint density at radius 3 is 2.10 bits per heavy atom. The molecule has 0 saturated carbocycles. The van der Waals surface area contributed by atoms with Crippen molar-refractivity contribution >= 4 is 0 Å². The highest BCUT2D eigenvalue weighted by Crippen LogP contribution is 2.32. The van der Waals surface area contributed by atoms with E-state index in [0.717, 1.165) is 17.3 Å². The summed E-state index contributed by atoms with van der Waals surface area (Å²) in [6, 6.07) is 19.2. The molecule has 0 bridgehead atoms. The number of benzene rings is 2. The van der Waals surface area contributed by atoms with Gasteiger partial charge in [0, 0.05) is 11.6 Å². The summed E-state index contributed by atoms with van der Waals surface area (Å²) in [5, 5.41) is 0. The van der Waals surface area contributed by atoms with Gasteiger partial charge >= 0.3 is 0 Å². The van der Waals surface area contributed by atoms with E-state index < -0.39 is 0 Å². The minimum Gasteiger partial charge on any atom is -0.487 e. The summed E-state index contributed by atoms with van der Waals surface area (Å²) in [7, 11) is 4.05. The van der Waals surface area contributed by atoms with Crippen LogP contribution in [0.3, 0.4) is 0 Å². The van der Waals surface area contributed by atoms with Gasteiger partial charge in [-0.1, -0.05) is 55.8 Å². The van der Waals surface area contributed by atoms with E-state index >= 15 is 0 Å². The monoisotopic (exact) mass is 389 g/mol. The molecule has 1 aromatic heterocycles. The first-order valence-electron chi connectivity index (χ1n) is 10.1. The molecular formula is C25H31N3O. The molecule has 1 unspecified atom stereocenters. The molecule has 0 aliphatic carbocycles. The normalized spacial score (nSPS) is 12.8. The third-order valence-electron chi connectivity index (χ3n) is 5.62. The summed E-state index contributed by atoms with van der Waals surface area (Å²) < 4.78 is 5.97. The fourth-order valence-electron chi connectivity index (χ4n) is 3.19. The van der Waals surface area contributed by atoms with Gasteiger partial charge in [0.05, 0.1) is 11.7 Å². The van der Waals surface area contributed by atoms with Crippen LogP contribution in [0.15, 0.2) is 60.8 Å². The van der Waals surface area contributed by atoms with Crippen LogP contribution in [0.4, 0.5) is 0 Å². The third kappa shape index (κ3) is 5.01. The molecule has 0 N–H and O–H groups in total. The second-order valence-corrected chi connectivity index (χ2v) is 8.35. The lowest BCUT2D eigenvalue weighted by Gasteiger charge is -2.26. The number of nitrogens with zero attached hydrogens (tertiary/aromatic N) is 3. The molecule has 0 aliphatic heterocycles. The van der Waals surface area contributed by atoms with Crippen molar-refractivity contribution < 1.29 is 4.74 Å². The summed E-state index contributed by atoms with van der Waals surface area (Å²) in [5.74, 6) is 1.65. The average molecular weight is 390 g/mol. The van der Waals surface area contributed by atoms with Crippen LogP contribution in [0, 0.1) is 6.92 Å². The maximum Gasteiger partial charge on any atom is 0.145 e. The predicted molar refractivity (Wildman–Crippen MR) is 118 cm³/mol. The van der Waals surface area contributed by atoms with Crippen LogP contribution in [-0.4, -0.2) is 29.0 Å². The van der Waals surface area contributed by atoms with Crippen molar-refractivity contribution in [2.24, 2.45) is 0 Å². The first-order valence-corrected chi connectivity index (χ1v) is 10.1. The molecule has 0 fully saturated rings. The number of hydrogen-bond donors (Lipinski definition) is 0. The van der Waals surface area contributed by atoms with Crippen LogP contribution in [-0.2, 0) is 12.0 Å². The molecule has 1 atom stereocenters. The second kappa shape index (κ2) is 8.75. The quantitative estimate of drug-likeness (QED) is 0.549. The Labute approximate surface area is 174 Å². The van der Waals surface area contributed by atoms with Crippen molar-refractivity contribution in [2.75, 3.05) is 14.1 Å². The highest BCUT2D eigenvalue weighted by molar-refractivity contribution is 5.40. The molecule has 0 saturated heterocycles. The van der Waals surface area contributed by atoms with E-state index in [1.54, 1.807) is 6.20 Å². The zero-order valence-electron chi connectivity index (χ0n) is 18.3. The molecule has 0 amide bonds. The van der Waals surface area contributed by atoms with Crippen molar-refractivity contribution in [1.82, 2.24) is 14.9 Å². The second-order valence-electron chi connectivity index (χ2n) is 8.35. The van der Waals surface area contributed by atoms with Crippen LogP contribution in [0.1, 0.15) is 55.0 Å². The molecule has 29 heavy (non-hydrogen) atoms. The summed E-state index contributed by atoms with van der Waals surface area (Å²) in [4.78, 5) is 11.1. The Hall–Kier alpha value is -2.72. The topological polar surface area (TPSA) is 38.2 Å². The summed E-state index contributed by atoms with van der Waals surface area (Å²) in [5.41, 5.74) is 4.67. The maximum atomic E-state index is 5.97. The standard InChI is InChI=1S/C25H31N3O/c1-18-7-9-20(10-8-18)25(3,4)21-11-13-23(14-12-21)29-17-22-15-16-26-24(27-22)19(2)28(5)6/h7-16,19H,17H2,1-6H3. The lowest BCUT2D eigenvalue weighted by Crippen LogP contribution is -2.19. The van der Waals surface area contributed by atoms with Crippen molar-refractivity contribution in [3.8, 4) is 5.75 Å². The van der Waals surface area contributed by atoms with Crippen LogP contribution >= 0.6 is 0 Å². The van der Waals surface area contributed by atoms with E-state index in [1.165, 1.54) is 16.7 Å². The van der Waals surface area contributed by atoms with Gasteiger partial charge < -0.3 is 4.74 Å². The fraction of sp³-hybridized carbons (Fsp3) is 0.360. The smallest absolute Gasteiger partial charge is 0.145 e. The Morgan fingerprint density at radius 1 is 0.931 bits per heavy atom. The Morgan fingerprint density at radius 2 is 1.52 bits per heavy atom. The third-order valence-corrected chi connectivity index (χ3v) is 5.62. The van der Waals surface area contributed by atoms with Crippen LogP contribution in [0.2, 0.25) is 0 Å². The number of aryl methyl sites for hydroxylation is 1. The van der Waals surface area contributed by atoms with Gasteiger partial charge in [-0.3, -0.25) is 4.90 Å². The van der Waals surface area contributed by atoms with Gasteiger partial charge in [-0.15, -0.1) is 0 Å². The average Bonchev–Trinajstić information content (AvgIpc) is 2.72. The lowest BCUT2D eigenvalue weighted by molar-refractivity contribution is 0.290. The first kappa shape index (κ1) is 21.0. The van der Waals surface area contributed by atoms with Gasteiger partial charge in [0.2, 0.25) is 0 Å². The molecule has 1 heterocycles.